The Hall–Kier alpha value is -3.05. The van der Waals surface area contributed by atoms with E-state index in [4.69, 9.17) is 46.1 Å². The van der Waals surface area contributed by atoms with Crippen molar-refractivity contribution in [2.45, 2.75) is 49.2 Å². The lowest BCUT2D eigenvalue weighted by molar-refractivity contribution is -0.0662. The fourth-order valence-corrected chi connectivity index (χ4v) is 9.16. The van der Waals surface area contributed by atoms with Gasteiger partial charge in [-0.1, -0.05) is 5.21 Å². The number of fused-ring (bicyclic) bond motifs is 4. The lowest BCUT2D eigenvalue weighted by atomic mass is 10.0. The molecule has 0 radical (unpaired) electrons. The molecule has 4 aromatic rings. The lowest BCUT2D eigenvalue weighted by Gasteiger charge is -2.31. The topological polar surface area (TPSA) is 316 Å². The average Bonchev–Trinajstić information content (AvgIpc) is 3.26. The molecule has 8 rings (SSSR count). The quantitative estimate of drug-likeness (QED) is 0.109. The van der Waals surface area contributed by atoms with Crippen LogP contribution in [0.1, 0.15) is 18.7 Å². The number of aliphatic hydroxyl groups is 2. The Morgan fingerprint density at radius 1 is 1.09 bits per heavy atom. The van der Waals surface area contributed by atoms with Crippen LogP contribution in [-0.2, 0) is 39.2 Å². The standard InChI is InChI=1S/C21H25N11O11P2S/c22-15-8-16(25-4-24-15)31(5-26-8)10-6-1-21(6)3-40-44(36,37)42-13-11(33)7(2-39-45(38,46)43-14(21)12(10)34)41-19(13)32-17-9(29-30-32)18(35)28-20(23)27-17/h4-7,10-14,19,33-34H,1-3H2,(H,36,37)(H,38,46)(H2,22,24,25)(H3,23,27,28,35)/t6-,7-,10-,11-,12+,13-,14+,19-,21?,45?/m1/s1. The van der Waals surface area contributed by atoms with Crippen LogP contribution in [0.5, 0.6) is 0 Å². The number of ether oxygens (including phenoxy) is 1. The van der Waals surface area contributed by atoms with Gasteiger partial charge in [0.2, 0.25) is 5.95 Å². The van der Waals surface area contributed by atoms with Gasteiger partial charge in [0.1, 0.15) is 42.4 Å². The van der Waals surface area contributed by atoms with Gasteiger partial charge in [0.05, 0.1) is 25.6 Å². The van der Waals surface area contributed by atoms with E-state index in [-0.39, 0.29) is 22.9 Å². The molecule has 6 heterocycles. The molecule has 2 saturated heterocycles. The van der Waals surface area contributed by atoms with Crippen LogP contribution in [0.25, 0.3) is 22.3 Å². The van der Waals surface area contributed by atoms with Crippen LogP contribution < -0.4 is 17.0 Å². The molecule has 22 nitrogen and oxygen atoms in total. The van der Waals surface area contributed by atoms with Gasteiger partial charge < -0.3 is 49.8 Å². The fraction of sp³-hybridized carbons (Fsp3) is 0.571. The molecule has 11 atom stereocenters. The largest absolute Gasteiger partial charge is 0.472 e. The van der Waals surface area contributed by atoms with E-state index in [1.807, 2.05) is 0 Å². The Balaban J connectivity index is 1.14. The summed E-state index contributed by atoms with van der Waals surface area (Å²) >= 11 is 5.29. The number of phosphoric ester groups is 1. The van der Waals surface area contributed by atoms with E-state index in [2.05, 4.69) is 35.2 Å². The van der Waals surface area contributed by atoms with Crippen molar-refractivity contribution in [3.05, 3.63) is 23.0 Å². The molecule has 4 fully saturated rings. The van der Waals surface area contributed by atoms with Crippen LogP contribution >= 0.6 is 14.5 Å². The number of hydrogen-bond acceptors (Lipinski definition) is 18. The van der Waals surface area contributed by atoms with E-state index in [1.54, 1.807) is 4.57 Å². The minimum Gasteiger partial charge on any atom is -0.388 e. The Morgan fingerprint density at radius 2 is 1.89 bits per heavy atom. The highest BCUT2D eigenvalue weighted by atomic mass is 32.5. The predicted octanol–water partition coefficient (Wildman–Crippen LogP) is -2.17. The summed E-state index contributed by atoms with van der Waals surface area (Å²) in [4.78, 5) is 53.0. The number of aromatic nitrogens is 9. The summed E-state index contributed by atoms with van der Waals surface area (Å²) in [5.74, 6) is -0.586. The first-order valence-electron chi connectivity index (χ1n) is 13.7. The summed E-state index contributed by atoms with van der Waals surface area (Å²) < 4.78 is 44.2. The minimum atomic E-state index is -5.03. The number of nitrogens with two attached hydrogens (primary N) is 2. The number of nitrogen functional groups attached to an aromatic ring is 2. The molecule has 0 amide bonds. The van der Waals surface area contributed by atoms with Gasteiger partial charge in [0, 0.05) is 5.41 Å². The van der Waals surface area contributed by atoms with Gasteiger partial charge in [-0.25, -0.2) is 19.5 Å². The van der Waals surface area contributed by atoms with Crippen molar-refractivity contribution in [1.82, 2.24) is 44.5 Å². The van der Waals surface area contributed by atoms with Crippen molar-refractivity contribution in [3.8, 4) is 0 Å². The van der Waals surface area contributed by atoms with Crippen LogP contribution in [0.3, 0.4) is 0 Å². The number of rotatable bonds is 2. The fourth-order valence-electron chi connectivity index (χ4n) is 6.68. The Bertz CT molecular complexity index is 2050. The van der Waals surface area contributed by atoms with Gasteiger partial charge in [-0.2, -0.15) is 9.67 Å². The maximum atomic E-state index is 13.4. The molecule has 2 aliphatic carbocycles. The average molecular weight is 702 g/mol. The zero-order valence-electron chi connectivity index (χ0n) is 23.1. The third kappa shape index (κ3) is 4.62. The van der Waals surface area contributed by atoms with Gasteiger partial charge in [0.25, 0.3) is 5.56 Å². The van der Waals surface area contributed by atoms with Gasteiger partial charge >= 0.3 is 14.5 Å². The van der Waals surface area contributed by atoms with E-state index in [0.29, 0.717) is 17.6 Å². The third-order valence-electron chi connectivity index (χ3n) is 8.83. The second-order valence-corrected chi connectivity index (χ2v) is 15.6. The molecule has 2 bridgehead atoms. The van der Waals surface area contributed by atoms with Crippen LogP contribution in [-0.4, -0.2) is 108 Å². The second-order valence-electron chi connectivity index (χ2n) is 11.4. The van der Waals surface area contributed by atoms with E-state index in [1.165, 1.54) is 12.7 Å². The van der Waals surface area contributed by atoms with Gasteiger partial charge in [-0.05, 0) is 24.1 Å². The van der Waals surface area contributed by atoms with Crippen molar-refractivity contribution in [3.63, 3.8) is 0 Å². The molecule has 9 N–H and O–H groups in total. The summed E-state index contributed by atoms with van der Waals surface area (Å²) in [5, 5.41) is 30.3. The van der Waals surface area contributed by atoms with Gasteiger partial charge in [0.15, 0.2) is 28.9 Å². The van der Waals surface area contributed by atoms with Gasteiger partial charge in [-0.15, -0.1) is 5.10 Å². The Kier molecular flexibility index (Phi) is 6.73. The Morgan fingerprint density at radius 3 is 2.70 bits per heavy atom. The first-order valence-corrected chi connectivity index (χ1v) is 17.7. The van der Waals surface area contributed by atoms with Crippen molar-refractivity contribution in [1.29, 1.82) is 0 Å². The van der Waals surface area contributed by atoms with Crippen LogP contribution in [0.2, 0.25) is 0 Å². The summed E-state index contributed by atoms with van der Waals surface area (Å²) in [5.41, 5.74) is 9.99. The Labute approximate surface area is 260 Å². The molecule has 2 aliphatic heterocycles. The van der Waals surface area contributed by atoms with Crippen molar-refractivity contribution in [2.24, 2.45) is 11.3 Å². The smallest absolute Gasteiger partial charge is 0.388 e. The molecule has 2 saturated carbocycles. The first-order chi connectivity index (χ1) is 21.8. The maximum absolute atomic E-state index is 13.4. The van der Waals surface area contributed by atoms with E-state index in [0.717, 1.165) is 4.68 Å². The van der Waals surface area contributed by atoms with Crippen molar-refractivity contribution < 1.29 is 47.4 Å². The molecular weight excluding hydrogens is 676 g/mol. The molecule has 4 aromatic heterocycles. The maximum Gasteiger partial charge on any atom is 0.472 e. The predicted molar refractivity (Wildman–Crippen MR) is 154 cm³/mol. The van der Waals surface area contributed by atoms with E-state index < -0.39 is 87.4 Å². The molecule has 1 spiro atoms. The molecule has 46 heavy (non-hydrogen) atoms. The van der Waals surface area contributed by atoms with Gasteiger partial charge in [-0.3, -0.25) is 18.8 Å². The molecule has 0 aromatic carbocycles. The highest BCUT2D eigenvalue weighted by Crippen LogP contribution is 2.72. The number of nitrogens with zero attached hydrogens (tertiary/aromatic N) is 8. The third-order valence-corrected chi connectivity index (χ3v) is 11.3. The number of nitrogens with one attached hydrogen (secondary N) is 1. The van der Waals surface area contributed by atoms with E-state index in [9.17, 15) is 29.4 Å². The number of H-pyrrole nitrogens is 1. The lowest BCUT2D eigenvalue weighted by Crippen LogP contribution is -2.38. The number of phosphoric acid groups is 1. The molecule has 4 aliphatic rings. The molecule has 25 heteroatoms. The van der Waals surface area contributed by atoms with Crippen LogP contribution in [0, 0.1) is 11.3 Å². The number of imidazole rings is 1. The molecular formula is C21H25N11O11P2S. The van der Waals surface area contributed by atoms with Crippen molar-refractivity contribution >= 4 is 60.4 Å². The van der Waals surface area contributed by atoms with Crippen molar-refractivity contribution in [2.75, 3.05) is 24.7 Å². The highest BCUT2D eigenvalue weighted by Gasteiger charge is 2.74. The van der Waals surface area contributed by atoms with Crippen LogP contribution in [0.4, 0.5) is 11.8 Å². The number of anilines is 2. The number of aromatic amines is 1. The second kappa shape index (κ2) is 10.2. The highest BCUT2D eigenvalue weighted by molar-refractivity contribution is 8.07. The normalized spacial score (nSPS) is 41.0. The monoisotopic (exact) mass is 701 g/mol. The SMILES string of the molecule is Nc1nc2c(nnn2[C@@H]2O[C@@H]3COP(O)(=S)O[C@H]4[C@@H](O)[C@H](n5cnc6c(N)ncnc65)[C@H]5CC54COP(=O)(O)O[C@@H]2[C@@H]3O)c(=O)[nH]1. The summed E-state index contributed by atoms with van der Waals surface area (Å²) in [6.45, 7) is -5.27. The molecule has 246 valence electrons. The number of aliphatic hydroxyl groups excluding tert-OH is 2. The zero-order valence-corrected chi connectivity index (χ0v) is 25.7. The number of hydrogen-bond donors (Lipinski definition) is 7. The minimum absolute atomic E-state index is 0.129. The first kappa shape index (κ1) is 30.3. The summed E-state index contributed by atoms with van der Waals surface area (Å²) in [6.07, 6.45) is -5.80. The van der Waals surface area contributed by atoms with Crippen LogP contribution in [0.15, 0.2) is 17.4 Å². The zero-order chi connectivity index (χ0) is 32.3. The summed E-state index contributed by atoms with van der Waals surface area (Å²) in [7, 11) is -5.03. The summed E-state index contributed by atoms with van der Waals surface area (Å²) in [6, 6.07) is -0.746. The van der Waals surface area contributed by atoms with E-state index >= 15 is 0 Å². The molecule has 3 unspecified atom stereocenters.